The van der Waals surface area contributed by atoms with Crippen LogP contribution >= 0.6 is 0 Å². The zero-order valence-electron chi connectivity index (χ0n) is 5.60. The molecule has 0 amide bonds. The Hall–Kier alpha value is 0.634. The summed E-state index contributed by atoms with van der Waals surface area (Å²) in [7, 11) is 0. The Labute approximate surface area is 65.8 Å². The standard InChI is InChI=1S/C3H7O.C2H5O.Ti/c1-3(2)4;1-2-3;/h3H,1-2H3;2H2,1H3;/q2*-1;+4. The van der Waals surface area contributed by atoms with Gasteiger partial charge in [-0.3, -0.25) is 0 Å². The summed E-state index contributed by atoms with van der Waals surface area (Å²) in [5.74, 6) is 0. The average Bonchev–Trinajstić information content (AvgIpc) is 1.33. The molecular weight excluding hydrogens is 140 g/mol. The second-order valence-electron chi connectivity index (χ2n) is 1.34. The molecule has 0 aromatic heterocycles. The zero-order chi connectivity index (χ0) is 6.28. The van der Waals surface area contributed by atoms with E-state index in [4.69, 9.17) is 5.11 Å². The van der Waals surface area contributed by atoms with Crippen LogP contribution in [-0.4, -0.2) is 12.7 Å². The minimum Gasteiger partial charge on any atom is -0.855 e. The third-order valence-electron chi connectivity index (χ3n) is 0. The maximum Gasteiger partial charge on any atom is 4.00 e. The summed E-state index contributed by atoms with van der Waals surface area (Å²) in [6, 6.07) is 0. The van der Waals surface area contributed by atoms with Gasteiger partial charge in [0.1, 0.15) is 0 Å². The van der Waals surface area contributed by atoms with Gasteiger partial charge in [0.15, 0.2) is 0 Å². The Bertz CT molecular complexity index is 21.6. The summed E-state index contributed by atoms with van der Waals surface area (Å²) < 4.78 is 0. The summed E-state index contributed by atoms with van der Waals surface area (Å²) in [6.45, 7) is 4.79. The molecule has 0 atom stereocenters. The second-order valence-corrected chi connectivity index (χ2v) is 1.34. The molecule has 0 bridgehead atoms. The van der Waals surface area contributed by atoms with Crippen LogP contribution in [0.3, 0.4) is 0 Å². The first-order valence-corrected chi connectivity index (χ1v) is 2.39. The molecule has 0 aliphatic rings. The quantitative estimate of drug-likeness (QED) is 0.423. The van der Waals surface area contributed by atoms with Gasteiger partial charge in [0.2, 0.25) is 0 Å². The Balaban J connectivity index is -0.0000000575. The van der Waals surface area contributed by atoms with Crippen molar-refractivity contribution in [2.24, 2.45) is 0 Å². The van der Waals surface area contributed by atoms with Crippen LogP contribution in [0.1, 0.15) is 20.8 Å². The Kier molecular flexibility index (Phi) is 31.0. The molecule has 0 aromatic carbocycles. The van der Waals surface area contributed by atoms with E-state index in [-0.39, 0.29) is 28.3 Å². The molecule has 3 heteroatoms. The van der Waals surface area contributed by atoms with Crippen molar-refractivity contribution in [2.75, 3.05) is 6.61 Å². The molecule has 8 heavy (non-hydrogen) atoms. The van der Waals surface area contributed by atoms with E-state index in [1.54, 1.807) is 20.8 Å². The fourth-order valence-electron chi connectivity index (χ4n) is 0. The van der Waals surface area contributed by atoms with E-state index in [1.165, 1.54) is 0 Å². The topological polar surface area (TPSA) is 46.1 Å². The van der Waals surface area contributed by atoms with Crippen LogP contribution in [0.5, 0.6) is 0 Å². The molecule has 2 nitrogen and oxygen atoms in total. The first kappa shape index (κ1) is 15.9. The molecule has 0 spiro atoms. The van der Waals surface area contributed by atoms with Gasteiger partial charge >= 0.3 is 21.7 Å². The summed E-state index contributed by atoms with van der Waals surface area (Å²) in [5, 5.41) is 18.5. The van der Waals surface area contributed by atoms with Crippen LogP contribution < -0.4 is 10.2 Å². The van der Waals surface area contributed by atoms with Gasteiger partial charge in [-0.2, -0.15) is 0 Å². The smallest absolute Gasteiger partial charge is 0.855 e. The van der Waals surface area contributed by atoms with E-state index < -0.39 is 6.10 Å². The van der Waals surface area contributed by atoms with Crippen molar-refractivity contribution in [1.82, 2.24) is 0 Å². The van der Waals surface area contributed by atoms with Crippen LogP contribution in [0.25, 0.3) is 0 Å². The molecule has 0 fully saturated rings. The SMILES string of the molecule is CC(C)[O-].CC[O-].[Ti+4]. The maximum atomic E-state index is 9.53. The van der Waals surface area contributed by atoms with Crippen molar-refractivity contribution in [3.63, 3.8) is 0 Å². The van der Waals surface area contributed by atoms with Gasteiger partial charge in [-0.05, 0) is 0 Å². The van der Waals surface area contributed by atoms with Gasteiger partial charge in [0.05, 0.1) is 0 Å². The molecule has 0 heterocycles. The molecule has 0 saturated heterocycles. The molecule has 0 N–H and O–H groups in total. The van der Waals surface area contributed by atoms with Gasteiger partial charge in [-0.15, -0.1) is 12.7 Å². The minimum atomic E-state index is -0.417. The largest absolute Gasteiger partial charge is 4.00 e. The number of hydrogen-bond acceptors (Lipinski definition) is 2. The van der Waals surface area contributed by atoms with Crippen molar-refractivity contribution >= 4 is 0 Å². The predicted molar refractivity (Wildman–Crippen MR) is 25.7 cm³/mol. The molecule has 0 saturated carbocycles. The molecule has 0 aromatic rings. The molecular formula is C5H12O2Ti+2. The van der Waals surface area contributed by atoms with Gasteiger partial charge < -0.3 is 10.2 Å². The van der Waals surface area contributed by atoms with Gasteiger partial charge in [-0.1, -0.05) is 20.8 Å². The van der Waals surface area contributed by atoms with E-state index in [0.717, 1.165) is 0 Å². The van der Waals surface area contributed by atoms with Crippen molar-refractivity contribution in [1.29, 1.82) is 0 Å². The van der Waals surface area contributed by atoms with E-state index >= 15 is 0 Å². The van der Waals surface area contributed by atoms with Gasteiger partial charge in [0, 0.05) is 0 Å². The van der Waals surface area contributed by atoms with E-state index in [9.17, 15) is 5.11 Å². The first-order chi connectivity index (χ1) is 3.15. The molecule has 0 radical (unpaired) electrons. The first-order valence-electron chi connectivity index (χ1n) is 2.39. The third-order valence-corrected chi connectivity index (χ3v) is 0. The Morgan fingerprint density at radius 2 is 1.38 bits per heavy atom. The summed E-state index contributed by atoms with van der Waals surface area (Å²) in [5.41, 5.74) is 0. The van der Waals surface area contributed by atoms with Crippen LogP contribution in [0.15, 0.2) is 0 Å². The Morgan fingerprint density at radius 1 is 1.38 bits per heavy atom. The fraction of sp³-hybridized carbons (Fsp3) is 1.00. The van der Waals surface area contributed by atoms with Crippen molar-refractivity contribution < 1.29 is 31.9 Å². The summed E-state index contributed by atoms with van der Waals surface area (Å²) in [6.07, 6.45) is -0.417. The average molecular weight is 152 g/mol. The molecule has 0 aliphatic carbocycles. The fourth-order valence-corrected chi connectivity index (χ4v) is 0. The predicted octanol–water partition coefficient (Wildman–Crippen LogP) is -0.881. The monoisotopic (exact) mass is 152 g/mol. The maximum absolute atomic E-state index is 9.53. The van der Waals surface area contributed by atoms with Crippen molar-refractivity contribution in [2.45, 2.75) is 26.9 Å². The van der Waals surface area contributed by atoms with Crippen molar-refractivity contribution in [3.8, 4) is 0 Å². The van der Waals surface area contributed by atoms with Gasteiger partial charge in [-0.25, -0.2) is 0 Å². The number of hydrogen-bond donors (Lipinski definition) is 0. The van der Waals surface area contributed by atoms with Crippen molar-refractivity contribution in [3.05, 3.63) is 0 Å². The molecule has 0 rings (SSSR count). The third kappa shape index (κ3) is 523. The molecule has 0 unspecified atom stereocenters. The summed E-state index contributed by atoms with van der Waals surface area (Å²) >= 11 is 0. The molecule has 0 aliphatic heterocycles. The van der Waals surface area contributed by atoms with E-state index in [0.29, 0.717) is 0 Å². The Morgan fingerprint density at radius 3 is 1.38 bits per heavy atom. The molecule has 46 valence electrons. The van der Waals surface area contributed by atoms with Crippen LogP contribution in [0, 0.1) is 0 Å². The van der Waals surface area contributed by atoms with Crippen LogP contribution in [-0.2, 0) is 21.7 Å². The second kappa shape index (κ2) is 15.6. The van der Waals surface area contributed by atoms with Crippen LogP contribution in [0.2, 0.25) is 0 Å². The minimum absolute atomic E-state index is 0. The van der Waals surface area contributed by atoms with Gasteiger partial charge in [0.25, 0.3) is 0 Å². The number of rotatable bonds is 0. The van der Waals surface area contributed by atoms with E-state index in [2.05, 4.69) is 0 Å². The van der Waals surface area contributed by atoms with Crippen LogP contribution in [0.4, 0.5) is 0 Å². The normalized spacial score (nSPS) is 6.75. The zero-order valence-corrected chi connectivity index (χ0v) is 7.16. The van der Waals surface area contributed by atoms with E-state index in [1.807, 2.05) is 0 Å². The summed E-state index contributed by atoms with van der Waals surface area (Å²) in [4.78, 5) is 0.